The van der Waals surface area contributed by atoms with Crippen molar-refractivity contribution in [2.45, 2.75) is 46.7 Å². The Morgan fingerprint density at radius 2 is 1.71 bits per heavy atom. The first kappa shape index (κ1) is 24.3. The van der Waals surface area contributed by atoms with Crippen LogP contribution in [0.4, 0.5) is 0 Å². The van der Waals surface area contributed by atoms with Gasteiger partial charge in [0, 0.05) is 13.1 Å². The summed E-state index contributed by atoms with van der Waals surface area (Å²) in [4.78, 5) is 27.3. The molecule has 6 heteroatoms. The van der Waals surface area contributed by atoms with Crippen LogP contribution in [0.25, 0.3) is 0 Å². The summed E-state index contributed by atoms with van der Waals surface area (Å²) in [7, 11) is 1.60. The van der Waals surface area contributed by atoms with E-state index in [4.69, 9.17) is 9.47 Å². The molecule has 2 rings (SSSR count). The number of amides is 2. The largest absolute Gasteiger partial charge is 0.497 e. The highest BCUT2D eigenvalue weighted by Gasteiger charge is 2.26. The zero-order valence-corrected chi connectivity index (χ0v) is 19.2. The van der Waals surface area contributed by atoms with Gasteiger partial charge in [0.15, 0.2) is 6.61 Å². The van der Waals surface area contributed by atoms with Crippen molar-refractivity contribution in [3.05, 3.63) is 59.7 Å². The van der Waals surface area contributed by atoms with Crippen LogP contribution >= 0.6 is 0 Å². The van der Waals surface area contributed by atoms with Crippen molar-refractivity contribution >= 4 is 11.8 Å². The Bertz CT molecular complexity index is 849. The SMILES string of the molecule is CCc1ccc(OCC(=O)N(Cc2cccc(OC)c2)[C@@H](C)C(=O)NCC(C)C)cc1. The number of rotatable bonds is 11. The van der Waals surface area contributed by atoms with Crippen molar-refractivity contribution in [1.82, 2.24) is 10.2 Å². The molecule has 168 valence electrons. The summed E-state index contributed by atoms with van der Waals surface area (Å²) in [5, 5.41) is 2.91. The van der Waals surface area contributed by atoms with Crippen molar-refractivity contribution in [2.75, 3.05) is 20.3 Å². The van der Waals surface area contributed by atoms with Gasteiger partial charge in [-0.25, -0.2) is 0 Å². The van der Waals surface area contributed by atoms with Crippen LogP contribution in [0.5, 0.6) is 11.5 Å². The van der Waals surface area contributed by atoms with Gasteiger partial charge in [-0.15, -0.1) is 0 Å². The van der Waals surface area contributed by atoms with E-state index in [0.29, 0.717) is 24.0 Å². The number of carbonyl (C=O) groups excluding carboxylic acids is 2. The van der Waals surface area contributed by atoms with Crippen LogP contribution in [-0.2, 0) is 22.6 Å². The number of nitrogens with zero attached hydrogens (tertiary/aromatic N) is 1. The first-order valence-corrected chi connectivity index (χ1v) is 10.8. The maximum Gasteiger partial charge on any atom is 0.261 e. The molecule has 0 saturated heterocycles. The van der Waals surface area contributed by atoms with Gasteiger partial charge < -0.3 is 19.7 Å². The second kappa shape index (κ2) is 12.0. The Morgan fingerprint density at radius 1 is 1.00 bits per heavy atom. The molecular weight excluding hydrogens is 392 g/mol. The molecule has 0 aliphatic heterocycles. The maximum absolute atomic E-state index is 13.1. The summed E-state index contributed by atoms with van der Waals surface area (Å²) in [6, 6.07) is 14.5. The number of ether oxygens (including phenoxy) is 2. The summed E-state index contributed by atoms with van der Waals surface area (Å²) in [6.45, 7) is 8.58. The predicted molar refractivity (Wildman–Crippen MR) is 122 cm³/mol. The van der Waals surface area contributed by atoms with E-state index < -0.39 is 6.04 Å². The quantitative estimate of drug-likeness (QED) is 0.593. The zero-order chi connectivity index (χ0) is 22.8. The highest BCUT2D eigenvalue weighted by Crippen LogP contribution is 2.17. The molecule has 0 spiro atoms. The molecule has 0 unspecified atom stereocenters. The fraction of sp³-hybridized carbons (Fsp3) is 0.440. The highest BCUT2D eigenvalue weighted by molar-refractivity contribution is 5.88. The third kappa shape index (κ3) is 7.63. The molecule has 6 nitrogen and oxygen atoms in total. The topological polar surface area (TPSA) is 67.9 Å². The van der Waals surface area contributed by atoms with Crippen LogP contribution in [0.15, 0.2) is 48.5 Å². The van der Waals surface area contributed by atoms with Gasteiger partial charge in [-0.3, -0.25) is 9.59 Å². The van der Waals surface area contributed by atoms with Crippen LogP contribution in [0.1, 0.15) is 38.8 Å². The standard InChI is InChI=1S/C25H34N2O4/c1-6-20-10-12-22(13-11-20)31-17-24(28)27(19(4)25(29)26-15-18(2)3)16-21-8-7-9-23(14-21)30-5/h7-14,18-19H,6,15-17H2,1-5H3,(H,26,29)/t19-/m0/s1. The van der Waals surface area contributed by atoms with E-state index in [1.807, 2.05) is 62.4 Å². The monoisotopic (exact) mass is 426 g/mol. The van der Waals surface area contributed by atoms with E-state index >= 15 is 0 Å². The highest BCUT2D eigenvalue weighted by atomic mass is 16.5. The molecule has 0 heterocycles. The summed E-state index contributed by atoms with van der Waals surface area (Å²) >= 11 is 0. The predicted octanol–water partition coefficient (Wildman–Crippen LogP) is 3.83. The van der Waals surface area contributed by atoms with Gasteiger partial charge in [0.05, 0.1) is 7.11 Å². The summed E-state index contributed by atoms with van der Waals surface area (Å²) in [5.41, 5.74) is 2.08. The molecule has 0 radical (unpaired) electrons. The average molecular weight is 427 g/mol. The minimum atomic E-state index is -0.636. The lowest BCUT2D eigenvalue weighted by atomic mass is 10.1. The van der Waals surface area contributed by atoms with Crippen molar-refractivity contribution in [3.63, 3.8) is 0 Å². The number of carbonyl (C=O) groups is 2. The van der Waals surface area contributed by atoms with Gasteiger partial charge in [0.2, 0.25) is 5.91 Å². The maximum atomic E-state index is 13.1. The molecule has 2 aromatic rings. The van der Waals surface area contributed by atoms with E-state index in [1.54, 1.807) is 18.9 Å². The van der Waals surface area contributed by atoms with Gasteiger partial charge in [-0.05, 0) is 54.7 Å². The minimum Gasteiger partial charge on any atom is -0.497 e. The third-order valence-corrected chi connectivity index (χ3v) is 5.03. The van der Waals surface area contributed by atoms with Gasteiger partial charge in [0.1, 0.15) is 17.5 Å². The number of hydrogen-bond donors (Lipinski definition) is 1. The lowest BCUT2D eigenvalue weighted by molar-refractivity contribution is -0.142. The number of benzene rings is 2. The van der Waals surface area contributed by atoms with E-state index in [9.17, 15) is 9.59 Å². The van der Waals surface area contributed by atoms with Gasteiger partial charge >= 0.3 is 0 Å². The molecule has 31 heavy (non-hydrogen) atoms. The van der Waals surface area contributed by atoms with Crippen molar-refractivity contribution in [3.8, 4) is 11.5 Å². The molecule has 1 atom stereocenters. The molecule has 0 bridgehead atoms. The fourth-order valence-electron chi connectivity index (χ4n) is 3.05. The smallest absolute Gasteiger partial charge is 0.261 e. The Labute approximate surface area is 185 Å². The molecule has 1 N–H and O–H groups in total. The van der Waals surface area contributed by atoms with Crippen LogP contribution in [0.2, 0.25) is 0 Å². The first-order valence-electron chi connectivity index (χ1n) is 10.8. The molecular formula is C25H34N2O4. The normalized spacial score (nSPS) is 11.7. The van der Waals surface area contributed by atoms with E-state index in [1.165, 1.54) is 5.56 Å². The summed E-state index contributed by atoms with van der Waals surface area (Å²) in [6.07, 6.45) is 0.941. The third-order valence-electron chi connectivity index (χ3n) is 5.03. The number of hydrogen-bond acceptors (Lipinski definition) is 4. The molecule has 0 aliphatic rings. The molecule has 2 aromatic carbocycles. The van der Waals surface area contributed by atoms with Crippen LogP contribution in [0, 0.1) is 5.92 Å². The van der Waals surface area contributed by atoms with E-state index in [0.717, 1.165) is 12.0 Å². The Hall–Kier alpha value is -3.02. The number of methoxy groups -OCH3 is 1. The molecule has 0 aromatic heterocycles. The molecule has 0 fully saturated rings. The van der Waals surface area contributed by atoms with Crippen molar-refractivity contribution in [2.24, 2.45) is 5.92 Å². The summed E-state index contributed by atoms with van der Waals surface area (Å²) in [5.74, 6) is 1.22. The minimum absolute atomic E-state index is 0.142. The zero-order valence-electron chi connectivity index (χ0n) is 19.2. The fourth-order valence-corrected chi connectivity index (χ4v) is 3.05. The van der Waals surface area contributed by atoms with Crippen molar-refractivity contribution < 1.29 is 19.1 Å². The lowest BCUT2D eigenvalue weighted by Gasteiger charge is -2.29. The second-order valence-corrected chi connectivity index (χ2v) is 7.97. The Kier molecular flexibility index (Phi) is 9.38. The molecule has 0 saturated carbocycles. The van der Waals surface area contributed by atoms with Crippen LogP contribution in [-0.4, -0.2) is 43.0 Å². The van der Waals surface area contributed by atoms with E-state index in [2.05, 4.69) is 12.2 Å². The van der Waals surface area contributed by atoms with E-state index in [-0.39, 0.29) is 25.0 Å². The average Bonchev–Trinajstić information content (AvgIpc) is 2.79. The van der Waals surface area contributed by atoms with Gasteiger partial charge in [0.25, 0.3) is 5.91 Å². The Morgan fingerprint density at radius 3 is 2.32 bits per heavy atom. The number of nitrogens with one attached hydrogen (secondary N) is 1. The molecule has 2 amide bonds. The van der Waals surface area contributed by atoms with Gasteiger partial charge in [-0.2, -0.15) is 0 Å². The second-order valence-electron chi connectivity index (χ2n) is 7.97. The first-order chi connectivity index (χ1) is 14.8. The summed E-state index contributed by atoms with van der Waals surface area (Å²) < 4.78 is 11.0. The van der Waals surface area contributed by atoms with Gasteiger partial charge in [-0.1, -0.05) is 45.0 Å². The van der Waals surface area contributed by atoms with Crippen LogP contribution < -0.4 is 14.8 Å². The molecule has 0 aliphatic carbocycles. The Balaban J connectivity index is 2.13. The number of aryl methyl sites for hydroxylation is 1. The van der Waals surface area contributed by atoms with Crippen molar-refractivity contribution in [1.29, 1.82) is 0 Å². The lowest BCUT2D eigenvalue weighted by Crippen LogP contribution is -2.49. The van der Waals surface area contributed by atoms with Crippen LogP contribution in [0.3, 0.4) is 0 Å².